The molecule has 0 amide bonds. The Kier molecular flexibility index (Phi) is 3.85. The molecule has 17 heavy (non-hydrogen) atoms. The van der Waals surface area contributed by atoms with Crippen molar-refractivity contribution in [2.45, 2.75) is 39.3 Å². The first kappa shape index (κ1) is 12.6. The van der Waals surface area contributed by atoms with Gasteiger partial charge in [-0.2, -0.15) is 0 Å². The van der Waals surface area contributed by atoms with Gasteiger partial charge < -0.3 is 5.32 Å². The summed E-state index contributed by atoms with van der Waals surface area (Å²) in [4.78, 5) is 2.57. The minimum atomic E-state index is 0.535. The van der Waals surface area contributed by atoms with Gasteiger partial charge in [0.25, 0.3) is 0 Å². The van der Waals surface area contributed by atoms with Crippen molar-refractivity contribution in [3.63, 3.8) is 0 Å². The third-order valence-corrected chi connectivity index (χ3v) is 4.19. The third-order valence-electron chi connectivity index (χ3n) is 4.19. The summed E-state index contributed by atoms with van der Waals surface area (Å²) >= 11 is 0. The van der Waals surface area contributed by atoms with E-state index in [0.29, 0.717) is 12.1 Å². The molecule has 1 aromatic rings. The van der Waals surface area contributed by atoms with Crippen molar-refractivity contribution in [2.75, 3.05) is 20.1 Å². The monoisotopic (exact) mass is 232 g/mol. The summed E-state index contributed by atoms with van der Waals surface area (Å²) < 4.78 is 0. The molecular formula is C15H24N2. The SMILES string of the molecule is CNC1CCN(C(C)c2ccc(C)c(C)c2)C1. The van der Waals surface area contributed by atoms with E-state index in [9.17, 15) is 0 Å². The van der Waals surface area contributed by atoms with E-state index in [2.05, 4.69) is 56.2 Å². The molecule has 1 aliphatic heterocycles. The summed E-state index contributed by atoms with van der Waals surface area (Å²) in [5.74, 6) is 0. The summed E-state index contributed by atoms with van der Waals surface area (Å²) in [6, 6.07) is 8.07. The zero-order chi connectivity index (χ0) is 12.4. The summed E-state index contributed by atoms with van der Waals surface area (Å²) in [6.45, 7) is 9.08. The van der Waals surface area contributed by atoms with Crippen molar-refractivity contribution in [1.82, 2.24) is 10.2 Å². The van der Waals surface area contributed by atoms with Crippen LogP contribution in [0.5, 0.6) is 0 Å². The number of benzene rings is 1. The molecular weight excluding hydrogens is 208 g/mol. The van der Waals surface area contributed by atoms with Gasteiger partial charge in [-0.25, -0.2) is 0 Å². The van der Waals surface area contributed by atoms with Gasteiger partial charge in [0.2, 0.25) is 0 Å². The molecule has 2 nitrogen and oxygen atoms in total. The average Bonchev–Trinajstić information content (AvgIpc) is 2.80. The van der Waals surface area contributed by atoms with E-state index in [1.807, 2.05) is 0 Å². The molecule has 0 aliphatic carbocycles. The van der Waals surface area contributed by atoms with E-state index < -0.39 is 0 Å². The van der Waals surface area contributed by atoms with Crippen LogP contribution in [0.3, 0.4) is 0 Å². The minimum Gasteiger partial charge on any atom is -0.316 e. The summed E-state index contributed by atoms with van der Waals surface area (Å²) in [5, 5.41) is 3.38. The molecule has 0 bridgehead atoms. The van der Waals surface area contributed by atoms with Gasteiger partial charge in [0.15, 0.2) is 0 Å². The molecule has 1 fully saturated rings. The third kappa shape index (κ3) is 2.70. The number of hydrogen-bond acceptors (Lipinski definition) is 2. The standard InChI is InChI=1S/C15H24N2/c1-11-5-6-14(9-12(11)2)13(3)17-8-7-15(10-17)16-4/h5-6,9,13,15-16H,7-8,10H2,1-4H3. The Balaban J connectivity index is 2.09. The second-order valence-electron chi connectivity index (χ2n) is 5.29. The molecule has 94 valence electrons. The lowest BCUT2D eigenvalue weighted by Gasteiger charge is -2.25. The Labute approximate surface area is 105 Å². The van der Waals surface area contributed by atoms with Crippen LogP contribution >= 0.6 is 0 Å². The highest BCUT2D eigenvalue weighted by Gasteiger charge is 2.25. The van der Waals surface area contributed by atoms with E-state index in [4.69, 9.17) is 0 Å². The molecule has 1 N–H and O–H groups in total. The van der Waals surface area contributed by atoms with Crippen LogP contribution in [0.2, 0.25) is 0 Å². The highest BCUT2D eigenvalue weighted by molar-refractivity contribution is 5.31. The van der Waals surface area contributed by atoms with Gasteiger partial charge in [-0.05, 0) is 50.9 Å². The Morgan fingerprint density at radius 2 is 2.06 bits per heavy atom. The predicted octanol–water partition coefficient (Wildman–Crippen LogP) is 2.66. The number of likely N-dealkylation sites (tertiary alicyclic amines) is 1. The van der Waals surface area contributed by atoms with Crippen LogP contribution in [0, 0.1) is 13.8 Å². The van der Waals surface area contributed by atoms with Crippen molar-refractivity contribution >= 4 is 0 Å². The average molecular weight is 232 g/mol. The van der Waals surface area contributed by atoms with Crippen molar-refractivity contribution < 1.29 is 0 Å². The molecule has 2 unspecified atom stereocenters. The normalized spacial score (nSPS) is 22.9. The smallest absolute Gasteiger partial charge is 0.0320 e. The maximum Gasteiger partial charge on any atom is 0.0320 e. The van der Waals surface area contributed by atoms with Gasteiger partial charge in [0.05, 0.1) is 0 Å². The van der Waals surface area contributed by atoms with Crippen LogP contribution in [-0.4, -0.2) is 31.1 Å². The molecule has 0 radical (unpaired) electrons. The fourth-order valence-electron chi connectivity index (χ4n) is 2.61. The number of aryl methyl sites for hydroxylation is 2. The second-order valence-corrected chi connectivity index (χ2v) is 5.29. The van der Waals surface area contributed by atoms with E-state index in [1.165, 1.54) is 36.2 Å². The number of hydrogen-bond donors (Lipinski definition) is 1. The van der Waals surface area contributed by atoms with Gasteiger partial charge in [-0.1, -0.05) is 18.2 Å². The topological polar surface area (TPSA) is 15.3 Å². The molecule has 1 saturated heterocycles. The van der Waals surface area contributed by atoms with Crippen molar-refractivity contribution in [2.24, 2.45) is 0 Å². The number of nitrogens with zero attached hydrogens (tertiary/aromatic N) is 1. The Morgan fingerprint density at radius 1 is 1.29 bits per heavy atom. The van der Waals surface area contributed by atoms with Gasteiger partial charge >= 0.3 is 0 Å². The quantitative estimate of drug-likeness (QED) is 0.862. The van der Waals surface area contributed by atoms with Crippen molar-refractivity contribution in [1.29, 1.82) is 0 Å². The summed E-state index contributed by atoms with van der Waals surface area (Å²) in [7, 11) is 2.06. The second kappa shape index (κ2) is 5.19. The Bertz CT molecular complexity index is 387. The maximum atomic E-state index is 3.38. The Hall–Kier alpha value is -0.860. The van der Waals surface area contributed by atoms with Crippen molar-refractivity contribution in [3.8, 4) is 0 Å². The van der Waals surface area contributed by atoms with Gasteiger partial charge in [-0.3, -0.25) is 4.90 Å². The lowest BCUT2D eigenvalue weighted by atomic mass is 10.0. The molecule has 2 heteroatoms. The molecule has 2 atom stereocenters. The molecule has 0 aromatic heterocycles. The van der Waals surface area contributed by atoms with Crippen LogP contribution in [0.4, 0.5) is 0 Å². The highest BCUT2D eigenvalue weighted by Crippen LogP contribution is 2.25. The van der Waals surface area contributed by atoms with Crippen LogP contribution in [0.25, 0.3) is 0 Å². The van der Waals surface area contributed by atoms with E-state index in [1.54, 1.807) is 0 Å². The minimum absolute atomic E-state index is 0.535. The van der Waals surface area contributed by atoms with E-state index >= 15 is 0 Å². The lowest BCUT2D eigenvalue weighted by Crippen LogP contribution is -2.31. The van der Waals surface area contributed by atoms with Crippen molar-refractivity contribution in [3.05, 3.63) is 34.9 Å². The van der Waals surface area contributed by atoms with Gasteiger partial charge in [0.1, 0.15) is 0 Å². The van der Waals surface area contributed by atoms with Gasteiger partial charge in [0, 0.05) is 25.2 Å². The number of nitrogens with one attached hydrogen (secondary N) is 1. The zero-order valence-electron chi connectivity index (χ0n) is 11.5. The fraction of sp³-hybridized carbons (Fsp3) is 0.600. The van der Waals surface area contributed by atoms with Crippen LogP contribution in [-0.2, 0) is 0 Å². The number of rotatable bonds is 3. The molecule has 2 rings (SSSR count). The number of likely N-dealkylation sites (N-methyl/N-ethyl adjacent to an activating group) is 1. The van der Waals surface area contributed by atoms with Crippen LogP contribution in [0.1, 0.15) is 36.1 Å². The van der Waals surface area contributed by atoms with E-state index in [-0.39, 0.29) is 0 Å². The van der Waals surface area contributed by atoms with Gasteiger partial charge in [-0.15, -0.1) is 0 Å². The van der Waals surface area contributed by atoms with E-state index in [0.717, 1.165) is 0 Å². The largest absolute Gasteiger partial charge is 0.316 e. The first-order valence-electron chi connectivity index (χ1n) is 6.60. The Morgan fingerprint density at radius 3 is 2.65 bits per heavy atom. The zero-order valence-corrected chi connectivity index (χ0v) is 11.5. The first-order valence-corrected chi connectivity index (χ1v) is 6.60. The predicted molar refractivity (Wildman–Crippen MR) is 73.4 cm³/mol. The molecule has 1 aromatic carbocycles. The first-order chi connectivity index (χ1) is 8.11. The highest BCUT2D eigenvalue weighted by atomic mass is 15.2. The summed E-state index contributed by atoms with van der Waals surface area (Å²) in [5.41, 5.74) is 4.24. The molecule has 0 spiro atoms. The lowest BCUT2D eigenvalue weighted by molar-refractivity contribution is 0.257. The van der Waals surface area contributed by atoms with Crippen LogP contribution < -0.4 is 5.32 Å². The molecule has 1 heterocycles. The summed E-state index contributed by atoms with van der Waals surface area (Å²) in [6.07, 6.45) is 1.27. The maximum absolute atomic E-state index is 3.38. The fourth-order valence-corrected chi connectivity index (χ4v) is 2.61. The van der Waals surface area contributed by atoms with Crippen LogP contribution in [0.15, 0.2) is 18.2 Å². The molecule has 1 aliphatic rings. The molecule has 0 saturated carbocycles.